The molecule has 0 radical (unpaired) electrons. The number of benzene rings is 2. The van der Waals surface area contributed by atoms with Gasteiger partial charge in [-0.25, -0.2) is 0 Å². The third kappa shape index (κ3) is 7.74. The van der Waals surface area contributed by atoms with Crippen LogP contribution in [0.25, 0.3) is 5.70 Å². The summed E-state index contributed by atoms with van der Waals surface area (Å²) in [6.07, 6.45) is -2.01. The van der Waals surface area contributed by atoms with Gasteiger partial charge < -0.3 is 20.9 Å². The van der Waals surface area contributed by atoms with Crippen molar-refractivity contribution in [3.8, 4) is 11.5 Å². The maximum atomic E-state index is 13.5. The van der Waals surface area contributed by atoms with Gasteiger partial charge in [0.1, 0.15) is 11.5 Å². The first kappa shape index (κ1) is 26.1. The van der Waals surface area contributed by atoms with Gasteiger partial charge in [0.25, 0.3) is 5.91 Å². The number of anilines is 1. The van der Waals surface area contributed by atoms with Crippen molar-refractivity contribution >= 4 is 35.8 Å². The summed E-state index contributed by atoms with van der Waals surface area (Å²) in [6, 6.07) is 8.12. The summed E-state index contributed by atoms with van der Waals surface area (Å²) >= 11 is 1.23. The largest absolute Gasteiger partial charge is 0.507 e. The van der Waals surface area contributed by atoms with Crippen molar-refractivity contribution in [3.63, 3.8) is 0 Å². The lowest BCUT2D eigenvalue weighted by Crippen LogP contribution is -2.11. The Morgan fingerprint density at radius 3 is 2.67 bits per heavy atom. The van der Waals surface area contributed by atoms with Crippen LogP contribution >= 0.6 is 11.8 Å². The van der Waals surface area contributed by atoms with E-state index in [-0.39, 0.29) is 35.2 Å². The zero-order valence-electron chi connectivity index (χ0n) is 18.1. The molecule has 1 amide bonds. The number of halogens is 3. The Balaban J connectivity index is 2.06. The van der Waals surface area contributed by atoms with E-state index in [1.165, 1.54) is 36.0 Å². The van der Waals surface area contributed by atoms with Gasteiger partial charge in [-0.2, -0.15) is 13.2 Å². The van der Waals surface area contributed by atoms with E-state index < -0.39 is 17.6 Å². The summed E-state index contributed by atoms with van der Waals surface area (Å²) in [5.41, 5.74) is 5.56. The van der Waals surface area contributed by atoms with Crippen LogP contribution in [0.5, 0.6) is 11.5 Å². The minimum atomic E-state index is -4.54. The number of aliphatic imine (C=N–C) groups is 1. The molecule has 0 spiro atoms. The normalized spacial score (nSPS) is 11.8. The third-order valence-electron chi connectivity index (χ3n) is 4.57. The van der Waals surface area contributed by atoms with E-state index in [0.717, 1.165) is 18.9 Å². The van der Waals surface area contributed by atoms with Gasteiger partial charge >= 0.3 is 6.18 Å². The number of ether oxygens (including phenoxy) is 1. The molecule has 0 heterocycles. The Hall–Kier alpha value is -3.14. The Kier molecular flexibility index (Phi) is 9.65. The summed E-state index contributed by atoms with van der Waals surface area (Å²) in [5.74, 6) is -0.978. The molecule has 2 aromatic rings. The molecule has 4 N–H and O–H groups in total. The second kappa shape index (κ2) is 12.2. The van der Waals surface area contributed by atoms with E-state index in [1.54, 1.807) is 11.5 Å². The van der Waals surface area contributed by atoms with Crippen molar-refractivity contribution in [2.45, 2.75) is 32.4 Å². The summed E-state index contributed by atoms with van der Waals surface area (Å²) < 4.78 is 45.7. The second-order valence-electron chi connectivity index (χ2n) is 7.01. The summed E-state index contributed by atoms with van der Waals surface area (Å²) in [4.78, 5) is 15.3. The maximum absolute atomic E-state index is 13.5. The fourth-order valence-electron chi connectivity index (χ4n) is 2.86. The standard InChI is InChI=1S/C23H26F3N3O3S/c1-3-4-5-10-32-21-9-7-16(12-18(21)23(24,25)26)29-14-33-13-19(28-2)15-6-8-20(30)17(11-15)22(27)31/h6-9,11-13,29-30H,2-5,10,14H2,1H3,(H2,27,31)/b19-13-. The number of nitrogens with one attached hydrogen (secondary N) is 1. The molecule has 0 unspecified atom stereocenters. The zero-order chi connectivity index (χ0) is 24.4. The number of nitrogens with zero attached hydrogens (tertiary/aromatic N) is 1. The molecule has 2 aromatic carbocycles. The van der Waals surface area contributed by atoms with Gasteiger partial charge in [0, 0.05) is 11.3 Å². The molecule has 0 bridgehead atoms. The number of alkyl halides is 3. The first-order valence-electron chi connectivity index (χ1n) is 10.2. The highest BCUT2D eigenvalue weighted by atomic mass is 32.2. The molecule has 0 aliphatic rings. The SMILES string of the molecule is C=N/C(=C\SCNc1ccc(OCCCCC)c(C(F)(F)F)c1)c1ccc(O)c(C(N)=O)c1. The van der Waals surface area contributed by atoms with Gasteiger partial charge in [-0.1, -0.05) is 19.8 Å². The molecule has 0 aliphatic heterocycles. The number of hydrogen-bond acceptors (Lipinski definition) is 6. The monoisotopic (exact) mass is 481 g/mol. The van der Waals surface area contributed by atoms with E-state index in [2.05, 4.69) is 17.0 Å². The summed E-state index contributed by atoms with van der Waals surface area (Å²) in [5, 5.41) is 14.2. The molecule has 0 aromatic heterocycles. The van der Waals surface area contributed by atoms with Crippen molar-refractivity contribution in [1.82, 2.24) is 0 Å². The number of carbonyl (C=O) groups is 1. The van der Waals surface area contributed by atoms with Crippen LogP contribution < -0.4 is 15.8 Å². The highest BCUT2D eigenvalue weighted by Gasteiger charge is 2.34. The number of unbranched alkanes of at least 4 members (excludes halogenated alkanes) is 2. The van der Waals surface area contributed by atoms with Crippen molar-refractivity contribution in [2.24, 2.45) is 10.7 Å². The van der Waals surface area contributed by atoms with Gasteiger partial charge in [0.2, 0.25) is 0 Å². The lowest BCUT2D eigenvalue weighted by atomic mass is 10.1. The lowest BCUT2D eigenvalue weighted by Gasteiger charge is -2.16. The van der Waals surface area contributed by atoms with Gasteiger partial charge in [-0.05, 0) is 54.9 Å². The minimum Gasteiger partial charge on any atom is -0.507 e. The van der Waals surface area contributed by atoms with E-state index in [1.807, 2.05) is 6.92 Å². The minimum absolute atomic E-state index is 0.0538. The Bertz CT molecular complexity index is 1010. The first-order valence-corrected chi connectivity index (χ1v) is 11.2. The summed E-state index contributed by atoms with van der Waals surface area (Å²) in [7, 11) is 0. The average Bonchev–Trinajstić information content (AvgIpc) is 2.77. The van der Waals surface area contributed by atoms with Crippen molar-refractivity contribution in [3.05, 3.63) is 58.5 Å². The molecule has 0 saturated carbocycles. The number of carbonyl (C=O) groups excluding carboxylic acids is 1. The quantitative estimate of drug-likeness (QED) is 0.200. The Morgan fingerprint density at radius 1 is 1.27 bits per heavy atom. The van der Waals surface area contributed by atoms with Crippen LogP contribution in [0, 0.1) is 0 Å². The van der Waals surface area contributed by atoms with Crippen LogP contribution in [0.15, 0.2) is 46.8 Å². The molecule has 6 nitrogen and oxygen atoms in total. The highest BCUT2D eigenvalue weighted by molar-refractivity contribution is 8.02. The van der Waals surface area contributed by atoms with Crippen molar-refractivity contribution in [1.29, 1.82) is 0 Å². The molecule has 2 rings (SSSR count). The fraction of sp³-hybridized carbons (Fsp3) is 0.304. The van der Waals surface area contributed by atoms with Crippen LogP contribution in [-0.2, 0) is 6.18 Å². The molecule has 0 saturated heterocycles. The van der Waals surface area contributed by atoms with E-state index in [4.69, 9.17) is 10.5 Å². The number of phenols is 1. The molecule has 0 fully saturated rings. The number of hydrogen-bond donors (Lipinski definition) is 3. The predicted molar refractivity (Wildman–Crippen MR) is 127 cm³/mol. The molecule has 33 heavy (non-hydrogen) atoms. The lowest BCUT2D eigenvalue weighted by molar-refractivity contribution is -0.138. The van der Waals surface area contributed by atoms with Crippen LogP contribution in [0.1, 0.15) is 47.7 Å². The number of aromatic hydroxyl groups is 1. The van der Waals surface area contributed by atoms with E-state index >= 15 is 0 Å². The number of amides is 1. The van der Waals surface area contributed by atoms with Gasteiger partial charge in [-0.15, -0.1) is 11.8 Å². The predicted octanol–water partition coefficient (Wildman–Crippen LogP) is 5.88. The third-order valence-corrected chi connectivity index (χ3v) is 5.27. The fourth-order valence-corrected chi connectivity index (χ4v) is 3.56. The number of primary amides is 1. The number of rotatable bonds is 12. The van der Waals surface area contributed by atoms with Gasteiger partial charge in [0.15, 0.2) is 0 Å². The van der Waals surface area contributed by atoms with Crippen LogP contribution in [-0.4, -0.2) is 30.2 Å². The molecule has 10 heteroatoms. The van der Waals surface area contributed by atoms with Crippen LogP contribution in [0.4, 0.5) is 18.9 Å². The van der Waals surface area contributed by atoms with Crippen LogP contribution in [0.3, 0.4) is 0 Å². The molecule has 178 valence electrons. The smallest absolute Gasteiger partial charge is 0.420 e. The molecule has 0 atom stereocenters. The number of nitrogens with two attached hydrogens (primary N) is 1. The molecular weight excluding hydrogens is 455 g/mol. The van der Waals surface area contributed by atoms with Gasteiger partial charge in [0.05, 0.1) is 29.3 Å². The second-order valence-corrected chi connectivity index (χ2v) is 7.87. The average molecular weight is 482 g/mol. The Labute approximate surface area is 194 Å². The van der Waals surface area contributed by atoms with Gasteiger partial charge in [-0.3, -0.25) is 9.79 Å². The highest BCUT2D eigenvalue weighted by Crippen LogP contribution is 2.38. The van der Waals surface area contributed by atoms with Crippen LogP contribution in [0.2, 0.25) is 0 Å². The van der Waals surface area contributed by atoms with E-state index in [9.17, 15) is 23.1 Å². The Morgan fingerprint density at radius 2 is 2.03 bits per heavy atom. The number of thioether (sulfide) groups is 1. The maximum Gasteiger partial charge on any atom is 0.420 e. The topological polar surface area (TPSA) is 96.9 Å². The van der Waals surface area contributed by atoms with Crippen molar-refractivity contribution < 1.29 is 27.8 Å². The molecule has 0 aliphatic carbocycles. The summed E-state index contributed by atoms with van der Waals surface area (Å²) in [6.45, 7) is 5.72. The molecular formula is C23H26F3N3O3S. The van der Waals surface area contributed by atoms with E-state index in [0.29, 0.717) is 17.7 Å². The zero-order valence-corrected chi connectivity index (χ0v) is 18.9. The van der Waals surface area contributed by atoms with Crippen molar-refractivity contribution in [2.75, 3.05) is 17.8 Å². The first-order chi connectivity index (χ1) is 15.7.